The maximum absolute atomic E-state index is 11.4. The van der Waals surface area contributed by atoms with Crippen LogP contribution in [-0.4, -0.2) is 41.8 Å². The second-order valence-electron chi connectivity index (χ2n) is 3.15. The molecule has 1 aromatic rings. The third-order valence-electron chi connectivity index (χ3n) is 1.85. The molecule has 8 heteroatoms. The van der Waals surface area contributed by atoms with E-state index in [4.69, 9.17) is 5.11 Å². The number of ether oxygens (including phenoxy) is 1. The number of hydrogen-bond donors (Lipinski definition) is 3. The van der Waals surface area contributed by atoms with Crippen molar-refractivity contribution in [1.82, 2.24) is 15.6 Å². The predicted molar refractivity (Wildman–Crippen MR) is 60.8 cm³/mol. The van der Waals surface area contributed by atoms with Gasteiger partial charge in [-0.15, -0.1) is 11.3 Å². The molecule has 3 N–H and O–H groups in total. The third kappa shape index (κ3) is 4.79. The smallest absolute Gasteiger partial charge is 0.328 e. The average molecular weight is 259 g/mol. The number of nitrogens with zero attached hydrogens (tertiary/aromatic N) is 1. The molecule has 0 aromatic carbocycles. The zero-order valence-corrected chi connectivity index (χ0v) is 9.99. The molecular weight excluding hydrogens is 246 g/mol. The van der Waals surface area contributed by atoms with Gasteiger partial charge in [0.1, 0.15) is 0 Å². The maximum Gasteiger partial charge on any atom is 0.328 e. The van der Waals surface area contributed by atoms with Crippen LogP contribution >= 0.6 is 11.3 Å². The van der Waals surface area contributed by atoms with Crippen molar-refractivity contribution in [3.8, 4) is 0 Å². The number of carbonyl (C=O) groups excluding carboxylic acids is 1. The van der Waals surface area contributed by atoms with Crippen molar-refractivity contribution < 1.29 is 19.4 Å². The van der Waals surface area contributed by atoms with E-state index in [2.05, 4.69) is 20.4 Å². The van der Waals surface area contributed by atoms with Crippen LogP contribution in [0.15, 0.2) is 10.9 Å². The van der Waals surface area contributed by atoms with E-state index in [1.54, 1.807) is 10.9 Å². The lowest BCUT2D eigenvalue weighted by molar-refractivity contribution is -0.140. The molecule has 0 radical (unpaired) electrons. The van der Waals surface area contributed by atoms with Crippen LogP contribution < -0.4 is 10.6 Å². The molecule has 17 heavy (non-hydrogen) atoms. The van der Waals surface area contributed by atoms with Crippen molar-refractivity contribution in [3.63, 3.8) is 0 Å². The Bertz CT molecular complexity index is 368. The summed E-state index contributed by atoms with van der Waals surface area (Å²) in [6.45, 7) is 0.175. The fourth-order valence-electron chi connectivity index (χ4n) is 1.05. The van der Waals surface area contributed by atoms with E-state index >= 15 is 0 Å². The summed E-state index contributed by atoms with van der Waals surface area (Å²) in [7, 11) is 1.37. The highest BCUT2D eigenvalue weighted by atomic mass is 32.1. The topological polar surface area (TPSA) is 101 Å². The number of nitrogens with one attached hydrogen (secondary N) is 2. The Morgan fingerprint density at radius 3 is 2.94 bits per heavy atom. The molecule has 0 saturated carbocycles. The molecule has 1 unspecified atom stereocenters. The average Bonchev–Trinajstić information content (AvgIpc) is 2.78. The fraction of sp³-hybridized carbons (Fsp3) is 0.444. The summed E-state index contributed by atoms with van der Waals surface area (Å²) in [4.78, 5) is 26.1. The number of methoxy groups -OCH3 is 1. The molecule has 1 rings (SSSR count). The number of amides is 2. The highest BCUT2D eigenvalue weighted by Crippen LogP contribution is 1.99. The van der Waals surface area contributed by atoms with Crippen molar-refractivity contribution in [1.29, 1.82) is 0 Å². The lowest BCUT2D eigenvalue weighted by Crippen LogP contribution is -2.48. The first-order valence-corrected chi connectivity index (χ1v) is 5.71. The molecule has 0 saturated heterocycles. The normalized spacial score (nSPS) is 11.8. The molecule has 0 bridgehead atoms. The largest absolute Gasteiger partial charge is 0.480 e. The minimum Gasteiger partial charge on any atom is -0.480 e. The summed E-state index contributed by atoms with van der Waals surface area (Å²) in [5, 5.41) is 15.4. The van der Waals surface area contributed by atoms with Crippen LogP contribution in [0.4, 0.5) is 4.79 Å². The number of carboxylic acids is 1. The van der Waals surface area contributed by atoms with Crippen LogP contribution in [0.25, 0.3) is 0 Å². The van der Waals surface area contributed by atoms with Crippen LogP contribution in [0.2, 0.25) is 0 Å². The van der Waals surface area contributed by atoms with Gasteiger partial charge in [-0.1, -0.05) is 0 Å². The van der Waals surface area contributed by atoms with E-state index in [1.807, 2.05) is 0 Å². The molecule has 94 valence electrons. The minimum atomic E-state index is -1.14. The molecule has 0 aliphatic carbocycles. The Hall–Kier alpha value is -1.67. The van der Waals surface area contributed by atoms with Gasteiger partial charge in [-0.2, -0.15) is 0 Å². The monoisotopic (exact) mass is 259 g/mol. The second kappa shape index (κ2) is 6.81. The van der Waals surface area contributed by atoms with Gasteiger partial charge >= 0.3 is 12.0 Å². The van der Waals surface area contributed by atoms with Crippen LogP contribution in [0, 0.1) is 0 Å². The molecule has 2 amide bonds. The molecule has 0 fully saturated rings. The van der Waals surface area contributed by atoms with Gasteiger partial charge in [0.2, 0.25) is 0 Å². The SMILES string of the molecule is COCC(NC(=O)NCc1cscn1)C(=O)O. The van der Waals surface area contributed by atoms with Crippen molar-refractivity contribution in [2.75, 3.05) is 13.7 Å². The first kappa shape index (κ1) is 13.4. The highest BCUT2D eigenvalue weighted by molar-refractivity contribution is 7.07. The van der Waals surface area contributed by atoms with Gasteiger partial charge in [0.05, 0.1) is 24.4 Å². The van der Waals surface area contributed by atoms with E-state index in [0.717, 1.165) is 5.69 Å². The van der Waals surface area contributed by atoms with Crippen LogP contribution in [0.5, 0.6) is 0 Å². The lowest BCUT2D eigenvalue weighted by atomic mass is 10.3. The number of carbonyl (C=O) groups is 2. The zero-order chi connectivity index (χ0) is 12.7. The van der Waals surface area contributed by atoms with Gasteiger partial charge in [0.25, 0.3) is 0 Å². The maximum atomic E-state index is 11.4. The Kier molecular flexibility index (Phi) is 5.37. The summed E-state index contributed by atoms with van der Waals surface area (Å²) in [5.74, 6) is -1.14. The lowest BCUT2D eigenvalue weighted by Gasteiger charge is -2.13. The van der Waals surface area contributed by atoms with Crippen LogP contribution in [0.3, 0.4) is 0 Å². The summed E-state index contributed by atoms with van der Waals surface area (Å²) >= 11 is 1.42. The molecule has 0 aliphatic heterocycles. The number of aromatic nitrogens is 1. The fourth-order valence-corrected chi connectivity index (χ4v) is 1.60. The van der Waals surface area contributed by atoms with Gasteiger partial charge in [0.15, 0.2) is 6.04 Å². The quantitative estimate of drug-likeness (QED) is 0.669. The minimum absolute atomic E-state index is 0.0839. The summed E-state index contributed by atoms with van der Waals surface area (Å²) in [6, 6.07) is -1.63. The third-order valence-corrected chi connectivity index (χ3v) is 2.49. The van der Waals surface area contributed by atoms with Gasteiger partial charge < -0.3 is 20.5 Å². The van der Waals surface area contributed by atoms with Gasteiger partial charge in [-0.3, -0.25) is 0 Å². The molecule has 0 aliphatic rings. The van der Waals surface area contributed by atoms with Crippen molar-refractivity contribution in [2.45, 2.75) is 12.6 Å². The van der Waals surface area contributed by atoms with E-state index in [0.29, 0.717) is 0 Å². The van der Waals surface area contributed by atoms with E-state index in [1.165, 1.54) is 18.4 Å². The van der Waals surface area contributed by atoms with E-state index in [9.17, 15) is 9.59 Å². The Morgan fingerprint density at radius 2 is 2.41 bits per heavy atom. The number of thiazole rings is 1. The number of hydrogen-bond acceptors (Lipinski definition) is 5. The van der Waals surface area contributed by atoms with Gasteiger partial charge in [0, 0.05) is 12.5 Å². The molecule has 1 aromatic heterocycles. The Labute approximate surface area is 102 Å². The Morgan fingerprint density at radius 1 is 1.65 bits per heavy atom. The molecule has 1 heterocycles. The number of rotatable bonds is 6. The molecular formula is C9H13N3O4S. The number of aliphatic carboxylic acids is 1. The second-order valence-corrected chi connectivity index (χ2v) is 3.87. The summed E-state index contributed by atoms with van der Waals surface area (Å²) in [5.41, 5.74) is 2.38. The summed E-state index contributed by atoms with van der Waals surface area (Å²) in [6.07, 6.45) is 0. The predicted octanol–water partition coefficient (Wildman–Crippen LogP) is 0.0419. The molecule has 7 nitrogen and oxygen atoms in total. The number of urea groups is 1. The molecule has 1 atom stereocenters. The number of carboxylic acid groups (broad SMARTS) is 1. The van der Waals surface area contributed by atoms with Crippen molar-refractivity contribution >= 4 is 23.3 Å². The zero-order valence-electron chi connectivity index (χ0n) is 9.17. The van der Waals surface area contributed by atoms with Crippen molar-refractivity contribution in [2.24, 2.45) is 0 Å². The first-order chi connectivity index (χ1) is 8.13. The summed E-state index contributed by atoms with van der Waals surface area (Å²) < 4.78 is 4.68. The van der Waals surface area contributed by atoms with Gasteiger partial charge in [-0.25, -0.2) is 14.6 Å². The molecule has 0 spiro atoms. The van der Waals surface area contributed by atoms with Gasteiger partial charge in [-0.05, 0) is 0 Å². The highest BCUT2D eigenvalue weighted by Gasteiger charge is 2.19. The van der Waals surface area contributed by atoms with Crippen molar-refractivity contribution in [3.05, 3.63) is 16.6 Å². The van der Waals surface area contributed by atoms with E-state index in [-0.39, 0.29) is 13.2 Å². The van der Waals surface area contributed by atoms with E-state index < -0.39 is 18.0 Å². The Balaban J connectivity index is 2.34. The first-order valence-electron chi connectivity index (χ1n) is 4.76. The van der Waals surface area contributed by atoms with Crippen LogP contribution in [0.1, 0.15) is 5.69 Å². The standard InChI is InChI=1S/C9H13N3O4S/c1-16-3-7(8(13)14)12-9(15)10-2-6-4-17-5-11-6/h4-5,7H,2-3H2,1H3,(H,13,14)(H2,10,12,15). The van der Waals surface area contributed by atoms with Crippen LogP contribution in [-0.2, 0) is 16.1 Å².